The Kier molecular flexibility index (Phi) is 6.44. The van der Waals surface area contributed by atoms with Gasteiger partial charge in [0, 0.05) is 12.2 Å². The van der Waals surface area contributed by atoms with Crippen LogP contribution in [0.5, 0.6) is 5.75 Å². The van der Waals surface area contributed by atoms with Crippen LogP contribution < -0.4 is 4.74 Å². The Labute approximate surface area is 170 Å². The highest BCUT2D eigenvalue weighted by Crippen LogP contribution is 2.40. The molecule has 1 saturated heterocycles. The molecule has 3 rings (SSSR count). The van der Waals surface area contributed by atoms with Crippen molar-refractivity contribution < 1.29 is 19.1 Å². The summed E-state index contributed by atoms with van der Waals surface area (Å²) < 4.78 is 10.8. The standard InChI is InChI=1S/C21H26N2O4S/c1-13(2)9-11-27-16-7-5-15(6-8-16)19-18(20(25)26-4)14(3)22-21-23(19)17(24)10-12-28-21/h5-8,13,19H,9-12H2,1-4H3/t19-/m0/s1. The first kappa shape index (κ1) is 20.5. The van der Waals surface area contributed by atoms with Crippen LogP contribution in [0.25, 0.3) is 0 Å². The van der Waals surface area contributed by atoms with E-state index in [4.69, 9.17) is 9.47 Å². The molecule has 0 bridgehead atoms. The van der Waals surface area contributed by atoms with Crippen LogP contribution in [0.15, 0.2) is 40.5 Å². The predicted octanol–water partition coefficient (Wildman–Crippen LogP) is 3.93. The predicted molar refractivity (Wildman–Crippen MR) is 110 cm³/mol. The van der Waals surface area contributed by atoms with Crippen molar-refractivity contribution in [3.8, 4) is 5.75 Å². The highest BCUT2D eigenvalue weighted by Gasteiger charge is 2.41. The molecule has 1 amide bonds. The van der Waals surface area contributed by atoms with Crippen LogP contribution in [0.2, 0.25) is 0 Å². The number of methoxy groups -OCH3 is 1. The van der Waals surface area contributed by atoms with Gasteiger partial charge < -0.3 is 9.47 Å². The van der Waals surface area contributed by atoms with E-state index >= 15 is 0 Å². The summed E-state index contributed by atoms with van der Waals surface area (Å²) in [7, 11) is 1.34. The highest BCUT2D eigenvalue weighted by molar-refractivity contribution is 8.14. The van der Waals surface area contributed by atoms with Gasteiger partial charge in [-0.2, -0.15) is 0 Å². The van der Waals surface area contributed by atoms with Gasteiger partial charge in [-0.3, -0.25) is 9.69 Å². The molecule has 7 heteroatoms. The summed E-state index contributed by atoms with van der Waals surface area (Å²) in [6.45, 7) is 6.76. The number of amides is 1. The van der Waals surface area contributed by atoms with Gasteiger partial charge in [-0.05, 0) is 37.0 Å². The minimum absolute atomic E-state index is 0.0336. The van der Waals surface area contributed by atoms with Crippen LogP contribution in [0.4, 0.5) is 0 Å². The Morgan fingerprint density at radius 1 is 1.32 bits per heavy atom. The fourth-order valence-electron chi connectivity index (χ4n) is 3.24. The van der Waals surface area contributed by atoms with Crippen molar-refractivity contribution >= 4 is 28.8 Å². The molecule has 2 aliphatic heterocycles. The summed E-state index contributed by atoms with van der Waals surface area (Å²) in [6.07, 6.45) is 1.40. The third-order valence-corrected chi connectivity index (χ3v) is 5.73. The average molecular weight is 403 g/mol. The lowest BCUT2D eigenvalue weighted by atomic mass is 9.94. The molecule has 2 heterocycles. The first-order chi connectivity index (χ1) is 13.4. The van der Waals surface area contributed by atoms with Gasteiger partial charge in [-0.25, -0.2) is 9.79 Å². The lowest BCUT2D eigenvalue weighted by molar-refractivity contribution is -0.137. The SMILES string of the molecule is COC(=O)C1=C(C)N=C2SCCC(=O)N2[C@H]1c1ccc(OCCC(C)C)cc1. The highest BCUT2D eigenvalue weighted by atomic mass is 32.2. The smallest absolute Gasteiger partial charge is 0.338 e. The summed E-state index contributed by atoms with van der Waals surface area (Å²) in [5, 5.41) is 0.642. The molecule has 28 heavy (non-hydrogen) atoms. The number of aliphatic imine (C=N–C) groups is 1. The zero-order valence-corrected chi connectivity index (χ0v) is 17.5. The van der Waals surface area contributed by atoms with Gasteiger partial charge in [0.2, 0.25) is 5.91 Å². The van der Waals surface area contributed by atoms with Crippen LogP contribution in [0.3, 0.4) is 0 Å². The monoisotopic (exact) mass is 402 g/mol. The van der Waals surface area contributed by atoms with E-state index in [1.165, 1.54) is 18.9 Å². The number of nitrogens with zero attached hydrogens (tertiary/aromatic N) is 2. The lowest BCUT2D eigenvalue weighted by Gasteiger charge is -2.38. The summed E-state index contributed by atoms with van der Waals surface area (Å²) in [5.41, 5.74) is 1.82. The molecule has 0 unspecified atom stereocenters. The Morgan fingerprint density at radius 2 is 2.04 bits per heavy atom. The fourth-order valence-corrected chi connectivity index (χ4v) is 4.25. The van der Waals surface area contributed by atoms with Crippen LogP contribution >= 0.6 is 11.8 Å². The van der Waals surface area contributed by atoms with Crippen molar-refractivity contribution in [2.24, 2.45) is 10.9 Å². The molecule has 1 aromatic carbocycles. The second-order valence-electron chi connectivity index (χ2n) is 7.25. The summed E-state index contributed by atoms with van der Waals surface area (Å²) in [4.78, 5) is 31.3. The van der Waals surface area contributed by atoms with E-state index in [1.54, 1.807) is 11.8 Å². The maximum absolute atomic E-state index is 12.7. The fraction of sp³-hybridized carbons (Fsp3) is 0.476. The largest absolute Gasteiger partial charge is 0.494 e. The Hall–Kier alpha value is -2.28. The molecule has 2 aliphatic rings. The van der Waals surface area contributed by atoms with E-state index in [2.05, 4.69) is 18.8 Å². The van der Waals surface area contributed by atoms with E-state index in [1.807, 2.05) is 24.3 Å². The molecule has 0 spiro atoms. The molecular weight excluding hydrogens is 376 g/mol. The van der Waals surface area contributed by atoms with Crippen molar-refractivity contribution in [3.05, 3.63) is 41.1 Å². The molecule has 0 aliphatic carbocycles. The molecule has 0 radical (unpaired) electrons. The van der Waals surface area contributed by atoms with Crippen molar-refractivity contribution in [1.82, 2.24) is 4.90 Å². The number of hydrogen-bond donors (Lipinski definition) is 0. The summed E-state index contributed by atoms with van der Waals surface area (Å²) in [5.74, 6) is 1.55. The number of rotatable bonds is 6. The van der Waals surface area contributed by atoms with Crippen molar-refractivity contribution in [1.29, 1.82) is 0 Å². The maximum atomic E-state index is 12.7. The quantitative estimate of drug-likeness (QED) is 0.674. The number of thioether (sulfide) groups is 1. The number of fused-ring (bicyclic) bond motifs is 1. The summed E-state index contributed by atoms with van der Waals surface area (Å²) >= 11 is 1.54. The van der Waals surface area contributed by atoms with Gasteiger partial charge in [0.1, 0.15) is 5.75 Å². The van der Waals surface area contributed by atoms with E-state index < -0.39 is 12.0 Å². The Balaban J connectivity index is 1.93. The molecule has 150 valence electrons. The van der Waals surface area contributed by atoms with Gasteiger partial charge in [-0.15, -0.1) is 0 Å². The molecule has 0 N–H and O–H groups in total. The normalized spacial score (nSPS) is 19.5. The molecule has 1 aromatic rings. The number of allylic oxidation sites excluding steroid dienone is 1. The molecule has 6 nitrogen and oxygen atoms in total. The lowest BCUT2D eigenvalue weighted by Crippen LogP contribution is -2.45. The van der Waals surface area contributed by atoms with Crippen molar-refractivity contribution in [3.63, 3.8) is 0 Å². The number of benzene rings is 1. The third kappa shape index (κ3) is 4.24. The van der Waals surface area contributed by atoms with E-state index in [-0.39, 0.29) is 5.91 Å². The second-order valence-corrected chi connectivity index (χ2v) is 8.31. The zero-order chi connectivity index (χ0) is 20.3. The first-order valence-electron chi connectivity index (χ1n) is 9.47. The maximum Gasteiger partial charge on any atom is 0.338 e. The molecule has 1 fully saturated rings. The number of carbonyl (C=O) groups excluding carboxylic acids is 2. The van der Waals surface area contributed by atoms with Crippen LogP contribution in [0, 0.1) is 5.92 Å². The zero-order valence-electron chi connectivity index (χ0n) is 16.7. The molecule has 0 saturated carbocycles. The first-order valence-corrected chi connectivity index (χ1v) is 10.5. The van der Waals surface area contributed by atoms with Gasteiger partial charge >= 0.3 is 5.97 Å². The third-order valence-electron chi connectivity index (χ3n) is 4.77. The Bertz CT molecular complexity index is 814. The van der Waals surface area contributed by atoms with E-state index in [0.717, 1.165) is 17.7 Å². The molecular formula is C21H26N2O4S. The van der Waals surface area contributed by atoms with Crippen LogP contribution in [-0.4, -0.2) is 41.4 Å². The summed E-state index contributed by atoms with van der Waals surface area (Å²) in [6, 6.07) is 7.03. The number of esters is 1. The van der Waals surface area contributed by atoms with Crippen LogP contribution in [0.1, 0.15) is 45.2 Å². The van der Waals surface area contributed by atoms with E-state index in [9.17, 15) is 9.59 Å². The average Bonchev–Trinajstić information content (AvgIpc) is 2.67. The van der Waals surface area contributed by atoms with Crippen molar-refractivity contribution in [2.75, 3.05) is 19.5 Å². The van der Waals surface area contributed by atoms with E-state index in [0.29, 0.717) is 41.1 Å². The topological polar surface area (TPSA) is 68.2 Å². The van der Waals surface area contributed by atoms with Gasteiger partial charge in [0.15, 0.2) is 5.17 Å². The van der Waals surface area contributed by atoms with Crippen molar-refractivity contribution in [2.45, 2.75) is 39.7 Å². The second kappa shape index (κ2) is 8.82. The van der Waals surface area contributed by atoms with Crippen LogP contribution in [-0.2, 0) is 14.3 Å². The minimum Gasteiger partial charge on any atom is -0.494 e. The number of ether oxygens (including phenoxy) is 2. The molecule has 0 aromatic heterocycles. The number of hydrogen-bond acceptors (Lipinski definition) is 6. The van der Waals surface area contributed by atoms with Gasteiger partial charge in [-0.1, -0.05) is 37.7 Å². The minimum atomic E-state index is -0.537. The number of carbonyl (C=O) groups is 2. The Morgan fingerprint density at radius 3 is 2.68 bits per heavy atom. The van der Waals surface area contributed by atoms with Gasteiger partial charge in [0.05, 0.1) is 31.0 Å². The number of amidine groups is 1. The molecule has 1 atom stereocenters. The van der Waals surface area contributed by atoms with Gasteiger partial charge in [0.25, 0.3) is 0 Å².